The fraction of sp³-hybridized carbons (Fsp3) is 0.200. The molecule has 0 atom stereocenters. The Morgan fingerprint density at radius 1 is 1.28 bits per heavy atom. The number of thioether (sulfide) groups is 1. The topological polar surface area (TPSA) is 101 Å². The van der Waals surface area contributed by atoms with E-state index in [1.54, 1.807) is 0 Å². The second-order valence-electron chi connectivity index (χ2n) is 4.76. The van der Waals surface area contributed by atoms with Crippen molar-refractivity contribution < 1.29 is 23.1 Å². The van der Waals surface area contributed by atoms with Crippen LogP contribution >= 0.6 is 11.8 Å². The zero-order valence-electron chi connectivity index (χ0n) is 13.0. The van der Waals surface area contributed by atoms with Gasteiger partial charge in [-0.1, -0.05) is 11.8 Å². The SMILES string of the molecule is COC(=O)Cc1cc(=O)[nH]c(SCC(=O)Nc2ccc(F)c(F)c2)n1. The minimum atomic E-state index is -1.08. The van der Waals surface area contributed by atoms with Gasteiger partial charge in [0.1, 0.15) is 0 Å². The van der Waals surface area contributed by atoms with E-state index in [9.17, 15) is 23.2 Å². The van der Waals surface area contributed by atoms with Crippen molar-refractivity contribution in [1.29, 1.82) is 0 Å². The van der Waals surface area contributed by atoms with Crippen molar-refractivity contribution in [3.63, 3.8) is 0 Å². The summed E-state index contributed by atoms with van der Waals surface area (Å²) in [6.07, 6.45) is -0.172. The average molecular weight is 369 g/mol. The van der Waals surface area contributed by atoms with Gasteiger partial charge < -0.3 is 15.0 Å². The summed E-state index contributed by atoms with van der Waals surface area (Å²) < 4.78 is 30.4. The molecule has 0 unspecified atom stereocenters. The number of ether oxygens (including phenoxy) is 1. The number of hydrogen-bond acceptors (Lipinski definition) is 6. The molecular weight excluding hydrogens is 356 g/mol. The van der Waals surface area contributed by atoms with Gasteiger partial charge >= 0.3 is 5.97 Å². The summed E-state index contributed by atoms with van der Waals surface area (Å²) in [5.74, 6) is -3.28. The van der Waals surface area contributed by atoms with Crippen molar-refractivity contribution in [3.8, 4) is 0 Å². The van der Waals surface area contributed by atoms with Gasteiger partial charge in [-0.15, -0.1) is 0 Å². The Labute approximate surface area is 144 Å². The molecule has 2 N–H and O–H groups in total. The molecule has 2 aromatic rings. The number of anilines is 1. The van der Waals surface area contributed by atoms with Crippen LogP contribution < -0.4 is 10.9 Å². The van der Waals surface area contributed by atoms with E-state index in [0.29, 0.717) is 0 Å². The average Bonchev–Trinajstić information content (AvgIpc) is 2.56. The second kappa shape index (κ2) is 8.38. The molecule has 10 heteroatoms. The van der Waals surface area contributed by atoms with Gasteiger partial charge in [-0.05, 0) is 12.1 Å². The van der Waals surface area contributed by atoms with E-state index in [0.717, 1.165) is 30.0 Å². The smallest absolute Gasteiger partial charge is 0.311 e. The summed E-state index contributed by atoms with van der Waals surface area (Å²) >= 11 is 0.919. The summed E-state index contributed by atoms with van der Waals surface area (Å²) in [4.78, 5) is 41.1. The highest BCUT2D eigenvalue weighted by molar-refractivity contribution is 7.99. The number of nitrogens with one attached hydrogen (secondary N) is 2. The maximum absolute atomic E-state index is 13.1. The number of carbonyl (C=O) groups is 2. The Morgan fingerprint density at radius 3 is 2.72 bits per heavy atom. The monoisotopic (exact) mass is 369 g/mol. The summed E-state index contributed by atoms with van der Waals surface area (Å²) in [6.45, 7) is 0. The van der Waals surface area contributed by atoms with Crippen molar-refractivity contribution in [2.45, 2.75) is 11.6 Å². The lowest BCUT2D eigenvalue weighted by atomic mass is 10.3. The lowest BCUT2D eigenvalue weighted by molar-refractivity contribution is -0.139. The minimum absolute atomic E-state index is 0.102. The standard InChI is InChI=1S/C15H13F2N3O4S/c1-24-14(23)6-9-5-12(21)20-15(19-9)25-7-13(22)18-8-2-3-10(16)11(17)4-8/h2-5H,6-7H2,1H3,(H,18,22)(H,19,20,21). The molecule has 1 heterocycles. The summed E-state index contributed by atoms with van der Waals surface area (Å²) in [7, 11) is 1.22. The molecular formula is C15H13F2N3O4S. The number of carbonyl (C=O) groups excluding carboxylic acids is 2. The molecule has 0 spiro atoms. The van der Waals surface area contributed by atoms with E-state index >= 15 is 0 Å². The molecule has 25 heavy (non-hydrogen) atoms. The third kappa shape index (κ3) is 5.68. The van der Waals surface area contributed by atoms with Crippen molar-refractivity contribution in [2.24, 2.45) is 0 Å². The van der Waals surface area contributed by atoms with Crippen LogP contribution in [0.15, 0.2) is 34.2 Å². The summed E-state index contributed by atoms with van der Waals surface area (Å²) in [6, 6.07) is 4.13. The molecule has 0 aliphatic heterocycles. The van der Waals surface area contributed by atoms with E-state index in [2.05, 4.69) is 20.0 Å². The molecule has 7 nitrogen and oxygen atoms in total. The van der Waals surface area contributed by atoms with Crippen LogP contribution in [0.25, 0.3) is 0 Å². The number of amides is 1. The first-order valence-electron chi connectivity index (χ1n) is 6.92. The number of rotatable bonds is 6. The maximum Gasteiger partial charge on any atom is 0.311 e. The molecule has 0 saturated carbocycles. The van der Waals surface area contributed by atoms with Gasteiger partial charge in [0.25, 0.3) is 5.56 Å². The molecule has 0 saturated heterocycles. The van der Waals surface area contributed by atoms with Crippen LogP contribution in [0.1, 0.15) is 5.69 Å². The molecule has 0 bridgehead atoms. The van der Waals surface area contributed by atoms with Gasteiger partial charge in [0.15, 0.2) is 16.8 Å². The number of aromatic amines is 1. The summed E-state index contributed by atoms with van der Waals surface area (Å²) in [5, 5.41) is 2.54. The highest BCUT2D eigenvalue weighted by atomic mass is 32.2. The first-order chi connectivity index (χ1) is 11.9. The lowest BCUT2D eigenvalue weighted by Gasteiger charge is -2.06. The van der Waals surface area contributed by atoms with Gasteiger partial charge in [0.2, 0.25) is 5.91 Å². The second-order valence-corrected chi connectivity index (χ2v) is 5.72. The van der Waals surface area contributed by atoms with Gasteiger partial charge in [-0.25, -0.2) is 13.8 Å². The number of methoxy groups -OCH3 is 1. The Bertz CT molecular complexity index is 857. The highest BCUT2D eigenvalue weighted by Crippen LogP contribution is 2.15. The fourth-order valence-electron chi connectivity index (χ4n) is 1.77. The summed E-state index contributed by atoms with van der Waals surface area (Å²) in [5.41, 5.74) is -0.165. The molecule has 1 aromatic carbocycles. The van der Waals surface area contributed by atoms with Crippen LogP contribution in [0.4, 0.5) is 14.5 Å². The Kier molecular flexibility index (Phi) is 6.23. The predicted octanol–water partition coefficient (Wildman–Crippen LogP) is 1.49. The zero-order valence-corrected chi connectivity index (χ0v) is 13.8. The van der Waals surface area contributed by atoms with Crippen molar-refractivity contribution in [3.05, 3.63) is 51.9 Å². The van der Waals surface area contributed by atoms with Gasteiger partial charge in [0.05, 0.1) is 25.0 Å². The Balaban J connectivity index is 1.98. The van der Waals surface area contributed by atoms with E-state index in [-0.39, 0.29) is 28.7 Å². The molecule has 0 radical (unpaired) electrons. The number of halogens is 2. The third-order valence-electron chi connectivity index (χ3n) is 2.87. The number of H-pyrrole nitrogens is 1. The number of hydrogen-bond donors (Lipinski definition) is 2. The molecule has 1 amide bonds. The molecule has 0 fully saturated rings. The Hall–Kier alpha value is -2.75. The number of benzene rings is 1. The lowest BCUT2D eigenvalue weighted by Crippen LogP contribution is -2.17. The molecule has 0 aliphatic carbocycles. The van der Waals surface area contributed by atoms with E-state index < -0.39 is 29.1 Å². The first kappa shape index (κ1) is 18.6. The van der Waals surface area contributed by atoms with E-state index in [1.165, 1.54) is 13.2 Å². The normalized spacial score (nSPS) is 10.4. The first-order valence-corrected chi connectivity index (χ1v) is 7.90. The van der Waals surface area contributed by atoms with Crippen LogP contribution in [-0.2, 0) is 20.7 Å². The molecule has 0 aliphatic rings. The van der Waals surface area contributed by atoms with E-state index in [1.807, 2.05) is 0 Å². The van der Waals surface area contributed by atoms with Crippen molar-refractivity contribution in [2.75, 3.05) is 18.2 Å². The van der Waals surface area contributed by atoms with E-state index in [4.69, 9.17) is 0 Å². The van der Waals surface area contributed by atoms with Crippen molar-refractivity contribution in [1.82, 2.24) is 9.97 Å². The van der Waals surface area contributed by atoms with Gasteiger partial charge in [0, 0.05) is 17.8 Å². The van der Waals surface area contributed by atoms with Crippen LogP contribution in [0, 0.1) is 11.6 Å². The van der Waals surface area contributed by atoms with Crippen LogP contribution in [0.2, 0.25) is 0 Å². The van der Waals surface area contributed by atoms with Gasteiger partial charge in [-0.2, -0.15) is 0 Å². The van der Waals surface area contributed by atoms with Gasteiger partial charge in [-0.3, -0.25) is 14.4 Å². The van der Waals surface area contributed by atoms with Crippen molar-refractivity contribution >= 4 is 29.3 Å². The largest absolute Gasteiger partial charge is 0.469 e. The zero-order chi connectivity index (χ0) is 18.4. The quantitative estimate of drug-likeness (QED) is 0.455. The number of esters is 1. The molecule has 1 aromatic heterocycles. The predicted molar refractivity (Wildman–Crippen MR) is 86.3 cm³/mol. The fourth-order valence-corrected chi connectivity index (χ4v) is 2.46. The number of aromatic nitrogens is 2. The van der Waals surface area contributed by atoms with Crippen LogP contribution in [-0.4, -0.2) is 34.7 Å². The number of nitrogens with zero attached hydrogens (tertiary/aromatic N) is 1. The minimum Gasteiger partial charge on any atom is -0.469 e. The maximum atomic E-state index is 13.1. The molecule has 132 valence electrons. The van der Waals surface area contributed by atoms with Crippen LogP contribution in [0.3, 0.4) is 0 Å². The highest BCUT2D eigenvalue weighted by Gasteiger charge is 2.10. The third-order valence-corrected chi connectivity index (χ3v) is 3.74. The Morgan fingerprint density at radius 2 is 2.04 bits per heavy atom. The molecule has 2 rings (SSSR count). The van der Waals surface area contributed by atoms with Crippen LogP contribution in [0.5, 0.6) is 0 Å².